The Kier molecular flexibility index (Phi) is 13.5. The third-order valence-corrected chi connectivity index (χ3v) is 3.12. The highest BCUT2D eigenvalue weighted by Gasteiger charge is 2.14. The highest BCUT2D eigenvalue weighted by molar-refractivity contribution is 5.65. The van der Waals surface area contributed by atoms with Crippen molar-refractivity contribution >= 4 is 5.97 Å². The summed E-state index contributed by atoms with van der Waals surface area (Å²) >= 11 is 0. The zero-order valence-electron chi connectivity index (χ0n) is 12.5. The lowest BCUT2D eigenvalue weighted by molar-refractivity contribution is -0.890. The SMILES string of the molecule is CCCCCCCC[N+](C)(C)CCOC(C)=O.[Br-]. The van der Waals surface area contributed by atoms with Crippen molar-refractivity contribution in [1.82, 2.24) is 0 Å². The Hall–Kier alpha value is -0.0900. The van der Waals surface area contributed by atoms with E-state index < -0.39 is 0 Å². The molecule has 0 aromatic heterocycles. The molecule has 0 heterocycles. The maximum absolute atomic E-state index is 10.7. The van der Waals surface area contributed by atoms with Gasteiger partial charge in [0.1, 0.15) is 13.2 Å². The van der Waals surface area contributed by atoms with Crippen LogP contribution in [0.5, 0.6) is 0 Å². The minimum absolute atomic E-state index is 0. The lowest BCUT2D eigenvalue weighted by Gasteiger charge is -2.29. The van der Waals surface area contributed by atoms with Gasteiger partial charge in [-0.1, -0.05) is 32.6 Å². The van der Waals surface area contributed by atoms with Gasteiger partial charge in [0.25, 0.3) is 0 Å². The summed E-state index contributed by atoms with van der Waals surface area (Å²) in [5.74, 6) is -0.176. The Morgan fingerprint density at radius 1 is 1.00 bits per heavy atom. The van der Waals surface area contributed by atoms with Gasteiger partial charge in [0, 0.05) is 6.92 Å². The van der Waals surface area contributed by atoms with Crippen molar-refractivity contribution in [3.8, 4) is 0 Å². The van der Waals surface area contributed by atoms with Crippen LogP contribution in [0.3, 0.4) is 0 Å². The number of nitrogens with zero attached hydrogens (tertiary/aromatic N) is 1. The molecule has 0 aromatic carbocycles. The highest BCUT2D eigenvalue weighted by Crippen LogP contribution is 2.08. The summed E-state index contributed by atoms with van der Waals surface area (Å²) < 4.78 is 5.93. The van der Waals surface area contributed by atoms with Gasteiger partial charge >= 0.3 is 5.97 Å². The van der Waals surface area contributed by atoms with Gasteiger partial charge in [-0.05, 0) is 12.8 Å². The van der Waals surface area contributed by atoms with Crippen LogP contribution in [-0.4, -0.2) is 44.2 Å². The van der Waals surface area contributed by atoms with Crippen molar-refractivity contribution < 1.29 is 31.0 Å². The van der Waals surface area contributed by atoms with E-state index in [4.69, 9.17) is 4.74 Å². The summed E-state index contributed by atoms with van der Waals surface area (Å²) in [5.41, 5.74) is 0. The van der Waals surface area contributed by atoms with Gasteiger partial charge in [-0.15, -0.1) is 0 Å². The van der Waals surface area contributed by atoms with Crippen LogP contribution in [-0.2, 0) is 9.53 Å². The van der Waals surface area contributed by atoms with Crippen LogP contribution < -0.4 is 17.0 Å². The van der Waals surface area contributed by atoms with Gasteiger partial charge in [-0.3, -0.25) is 4.79 Å². The highest BCUT2D eigenvalue weighted by atomic mass is 79.9. The fourth-order valence-corrected chi connectivity index (χ4v) is 1.87. The third kappa shape index (κ3) is 14.0. The van der Waals surface area contributed by atoms with E-state index in [1.165, 1.54) is 52.0 Å². The van der Waals surface area contributed by atoms with Crippen molar-refractivity contribution in [1.29, 1.82) is 0 Å². The summed E-state index contributed by atoms with van der Waals surface area (Å²) in [5, 5.41) is 0. The molecule has 0 fully saturated rings. The van der Waals surface area contributed by atoms with E-state index >= 15 is 0 Å². The first-order chi connectivity index (χ1) is 7.98. The van der Waals surface area contributed by atoms with Gasteiger partial charge in [0.2, 0.25) is 0 Å². The number of esters is 1. The molecule has 0 amide bonds. The van der Waals surface area contributed by atoms with Crippen molar-refractivity contribution in [3.05, 3.63) is 0 Å². The number of rotatable bonds is 10. The van der Waals surface area contributed by atoms with Crippen molar-refractivity contribution in [3.63, 3.8) is 0 Å². The minimum atomic E-state index is -0.176. The molecule has 0 radical (unpaired) electrons. The molecule has 0 atom stereocenters. The molecule has 4 heteroatoms. The normalized spacial score (nSPS) is 10.9. The zero-order chi connectivity index (χ0) is 13.1. The number of quaternary nitrogens is 1. The van der Waals surface area contributed by atoms with Crippen molar-refractivity contribution in [2.75, 3.05) is 33.8 Å². The fraction of sp³-hybridized carbons (Fsp3) is 0.929. The van der Waals surface area contributed by atoms with Crippen LogP contribution in [0.1, 0.15) is 52.4 Å². The summed E-state index contributed by atoms with van der Waals surface area (Å²) in [4.78, 5) is 10.7. The standard InChI is InChI=1S/C14H30NO2.BrH/c1-5-6-7-8-9-10-11-15(3,4)12-13-17-14(2)16;/h5-13H2,1-4H3;1H/q+1;/p-1. The van der Waals surface area contributed by atoms with Crippen LogP contribution in [0.25, 0.3) is 0 Å². The van der Waals surface area contributed by atoms with Gasteiger partial charge in [-0.2, -0.15) is 0 Å². The molecule has 0 aromatic rings. The predicted molar refractivity (Wildman–Crippen MR) is 71.9 cm³/mol. The molecular formula is C14H30BrNO2. The summed E-state index contributed by atoms with van der Waals surface area (Å²) in [6.07, 6.45) is 8.01. The first kappa shape index (κ1) is 20.2. The molecule has 0 rings (SSSR count). The number of unbranched alkanes of at least 4 members (excludes halogenated alkanes) is 5. The number of halogens is 1. The molecular weight excluding hydrogens is 294 g/mol. The number of ether oxygens (including phenoxy) is 1. The second-order valence-corrected chi connectivity index (χ2v) is 5.49. The number of carbonyl (C=O) groups excluding carboxylic acids is 1. The number of hydrogen-bond acceptors (Lipinski definition) is 2. The van der Waals surface area contributed by atoms with E-state index in [2.05, 4.69) is 21.0 Å². The average Bonchev–Trinajstić information content (AvgIpc) is 2.22. The maximum atomic E-state index is 10.7. The van der Waals surface area contributed by atoms with E-state index in [0.717, 1.165) is 11.0 Å². The molecule has 0 N–H and O–H groups in total. The Morgan fingerprint density at radius 2 is 1.56 bits per heavy atom. The van der Waals surface area contributed by atoms with Crippen molar-refractivity contribution in [2.45, 2.75) is 52.4 Å². The van der Waals surface area contributed by atoms with Crippen LogP contribution >= 0.6 is 0 Å². The average molecular weight is 324 g/mol. The molecule has 110 valence electrons. The third-order valence-electron chi connectivity index (χ3n) is 3.12. The molecule has 0 aliphatic heterocycles. The molecule has 0 saturated carbocycles. The molecule has 0 saturated heterocycles. The Morgan fingerprint density at radius 3 is 2.11 bits per heavy atom. The number of likely N-dealkylation sites (N-methyl/N-ethyl adjacent to an activating group) is 1. The fourth-order valence-electron chi connectivity index (χ4n) is 1.87. The topological polar surface area (TPSA) is 26.3 Å². The molecule has 3 nitrogen and oxygen atoms in total. The summed E-state index contributed by atoms with van der Waals surface area (Å²) in [6, 6.07) is 0. The van der Waals surface area contributed by atoms with Crippen LogP contribution in [0.4, 0.5) is 0 Å². The second-order valence-electron chi connectivity index (χ2n) is 5.49. The van der Waals surface area contributed by atoms with Crippen molar-refractivity contribution in [2.24, 2.45) is 0 Å². The lowest BCUT2D eigenvalue weighted by Crippen LogP contribution is -3.00. The zero-order valence-corrected chi connectivity index (χ0v) is 14.1. The molecule has 0 aliphatic rings. The number of carbonyl (C=O) groups is 1. The molecule has 18 heavy (non-hydrogen) atoms. The molecule has 0 bridgehead atoms. The summed E-state index contributed by atoms with van der Waals surface area (Å²) in [6.45, 7) is 6.34. The molecule has 0 unspecified atom stereocenters. The Balaban J connectivity index is 0. The summed E-state index contributed by atoms with van der Waals surface area (Å²) in [7, 11) is 4.41. The van der Waals surface area contributed by atoms with Gasteiger partial charge in [-0.25, -0.2) is 0 Å². The first-order valence-corrected chi connectivity index (χ1v) is 6.93. The quantitative estimate of drug-likeness (QED) is 0.321. The maximum Gasteiger partial charge on any atom is 0.302 e. The van der Waals surface area contributed by atoms with E-state index in [9.17, 15) is 4.79 Å². The van der Waals surface area contributed by atoms with E-state index in [0.29, 0.717) is 6.61 Å². The van der Waals surface area contributed by atoms with E-state index in [-0.39, 0.29) is 23.0 Å². The van der Waals surface area contributed by atoms with Gasteiger partial charge in [0.05, 0.1) is 20.6 Å². The molecule has 0 spiro atoms. The van der Waals surface area contributed by atoms with Gasteiger partial charge in [0.15, 0.2) is 0 Å². The van der Waals surface area contributed by atoms with E-state index in [1.54, 1.807) is 0 Å². The van der Waals surface area contributed by atoms with Gasteiger partial charge < -0.3 is 26.2 Å². The smallest absolute Gasteiger partial charge is 0.302 e. The predicted octanol–water partition coefficient (Wildman–Crippen LogP) is -0.00960. The lowest BCUT2D eigenvalue weighted by atomic mass is 10.1. The molecule has 0 aliphatic carbocycles. The first-order valence-electron chi connectivity index (χ1n) is 6.93. The van der Waals surface area contributed by atoms with Crippen LogP contribution in [0, 0.1) is 0 Å². The van der Waals surface area contributed by atoms with Crippen LogP contribution in [0.15, 0.2) is 0 Å². The largest absolute Gasteiger partial charge is 1.00 e. The Bertz CT molecular complexity index is 208. The minimum Gasteiger partial charge on any atom is -1.00 e. The second kappa shape index (κ2) is 12.0. The Labute approximate surface area is 123 Å². The monoisotopic (exact) mass is 323 g/mol. The van der Waals surface area contributed by atoms with Crippen LogP contribution in [0.2, 0.25) is 0 Å². The number of hydrogen-bond donors (Lipinski definition) is 0. The van der Waals surface area contributed by atoms with E-state index in [1.807, 2.05) is 0 Å².